The zero-order chi connectivity index (χ0) is 11.3. The van der Waals surface area contributed by atoms with Crippen LogP contribution >= 0.6 is 0 Å². The van der Waals surface area contributed by atoms with E-state index in [-0.39, 0.29) is 5.60 Å². The Morgan fingerprint density at radius 1 is 1.47 bits per heavy atom. The summed E-state index contributed by atoms with van der Waals surface area (Å²) in [5, 5.41) is 3.19. The van der Waals surface area contributed by atoms with Crippen LogP contribution in [0.4, 0.5) is 0 Å². The van der Waals surface area contributed by atoms with Crippen molar-refractivity contribution < 1.29 is 4.74 Å². The fourth-order valence-corrected chi connectivity index (χ4v) is 2.26. The lowest BCUT2D eigenvalue weighted by atomic mass is 9.93. The van der Waals surface area contributed by atoms with Gasteiger partial charge in [-0.3, -0.25) is 0 Å². The Balaban J connectivity index is 2.29. The number of nitrogens with zero attached hydrogens (tertiary/aromatic N) is 1. The van der Waals surface area contributed by atoms with E-state index in [4.69, 9.17) is 4.74 Å². The van der Waals surface area contributed by atoms with Gasteiger partial charge in [0.2, 0.25) is 0 Å². The first-order chi connectivity index (χ1) is 7.05. The molecule has 1 aliphatic rings. The fourth-order valence-electron chi connectivity index (χ4n) is 2.26. The minimum absolute atomic E-state index is 0.0696. The van der Waals surface area contributed by atoms with Crippen LogP contribution in [0, 0.1) is 0 Å². The minimum Gasteiger partial charge on any atom is -0.375 e. The molecule has 3 heteroatoms. The Morgan fingerprint density at radius 2 is 2.20 bits per heavy atom. The Labute approximate surface area is 94.2 Å². The van der Waals surface area contributed by atoms with E-state index in [2.05, 4.69) is 31.1 Å². The van der Waals surface area contributed by atoms with E-state index < -0.39 is 0 Å². The van der Waals surface area contributed by atoms with Crippen LogP contribution in [0.5, 0.6) is 0 Å². The van der Waals surface area contributed by atoms with Crippen molar-refractivity contribution in [3.05, 3.63) is 0 Å². The van der Waals surface area contributed by atoms with Crippen molar-refractivity contribution in [2.24, 2.45) is 0 Å². The molecular weight excluding hydrogens is 188 g/mol. The zero-order valence-electron chi connectivity index (χ0n) is 10.7. The minimum atomic E-state index is 0.0696. The van der Waals surface area contributed by atoms with Gasteiger partial charge >= 0.3 is 0 Å². The molecule has 0 aromatic rings. The molecule has 3 nitrogen and oxygen atoms in total. The maximum atomic E-state index is 5.73. The van der Waals surface area contributed by atoms with Crippen LogP contribution < -0.4 is 5.32 Å². The van der Waals surface area contributed by atoms with E-state index in [9.17, 15) is 0 Å². The van der Waals surface area contributed by atoms with Crippen LogP contribution in [0.25, 0.3) is 0 Å². The van der Waals surface area contributed by atoms with Crippen molar-refractivity contribution in [2.45, 2.75) is 44.8 Å². The van der Waals surface area contributed by atoms with Crippen LogP contribution in [-0.4, -0.2) is 50.3 Å². The molecule has 0 aromatic carbocycles. The Morgan fingerprint density at radius 3 is 2.80 bits per heavy atom. The van der Waals surface area contributed by atoms with Crippen LogP contribution in [0.15, 0.2) is 0 Å². The van der Waals surface area contributed by atoms with Gasteiger partial charge in [0, 0.05) is 12.6 Å². The van der Waals surface area contributed by atoms with Crippen molar-refractivity contribution in [3.8, 4) is 0 Å². The molecule has 1 aliphatic heterocycles. The number of ether oxygens (including phenoxy) is 1. The van der Waals surface area contributed by atoms with Crippen LogP contribution in [0.3, 0.4) is 0 Å². The summed E-state index contributed by atoms with van der Waals surface area (Å²) in [6.45, 7) is 7.59. The summed E-state index contributed by atoms with van der Waals surface area (Å²) in [4.78, 5) is 2.49. The van der Waals surface area contributed by atoms with Crippen molar-refractivity contribution in [1.29, 1.82) is 0 Å². The molecule has 0 saturated carbocycles. The molecule has 1 rings (SSSR count). The fraction of sp³-hybridized carbons (Fsp3) is 1.00. The molecule has 0 radical (unpaired) electrons. The first kappa shape index (κ1) is 12.9. The van der Waals surface area contributed by atoms with E-state index in [0.29, 0.717) is 6.04 Å². The van der Waals surface area contributed by atoms with Crippen LogP contribution in [-0.2, 0) is 4.74 Å². The Kier molecular flexibility index (Phi) is 5.03. The molecule has 15 heavy (non-hydrogen) atoms. The van der Waals surface area contributed by atoms with Crippen molar-refractivity contribution in [1.82, 2.24) is 10.2 Å². The summed E-state index contributed by atoms with van der Waals surface area (Å²) in [7, 11) is 4.25. The summed E-state index contributed by atoms with van der Waals surface area (Å²) in [6.07, 6.45) is 3.56. The average Bonchev–Trinajstić information content (AvgIpc) is 2.16. The topological polar surface area (TPSA) is 24.5 Å². The Hall–Kier alpha value is -0.120. The summed E-state index contributed by atoms with van der Waals surface area (Å²) in [6, 6.07) is 0.700. The van der Waals surface area contributed by atoms with Gasteiger partial charge in [-0.25, -0.2) is 0 Å². The molecule has 1 fully saturated rings. The smallest absolute Gasteiger partial charge is 0.0641 e. The monoisotopic (exact) mass is 214 g/mol. The van der Waals surface area contributed by atoms with Crippen LogP contribution in [0.1, 0.15) is 33.1 Å². The quantitative estimate of drug-likeness (QED) is 0.702. The molecule has 0 aromatic heterocycles. The Bertz CT molecular complexity index is 182. The van der Waals surface area contributed by atoms with Crippen molar-refractivity contribution in [3.63, 3.8) is 0 Å². The first-order valence-electron chi connectivity index (χ1n) is 6.04. The molecule has 0 spiro atoms. The number of rotatable bonds is 5. The van der Waals surface area contributed by atoms with E-state index >= 15 is 0 Å². The molecule has 1 N–H and O–H groups in total. The largest absolute Gasteiger partial charge is 0.375 e. The zero-order valence-corrected chi connectivity index (χ0v) is 10.7. The van der Waals surface area contributed by atoms with Gasteiger partial charge in [0.05, 0.1) is 5.60 Å². The highest BCUT2D eigenvalue weighted by molar-refractivity contribution is 4.83. The maximum absolute atomic E-state index is 5.73. The van der Waals surface area contributed by atoms with Gasteiger partial charge in [-0.2, -0.15) is 0 Å². The number of nitrogens with one attached hydrogen (secondary N) is 1. The molecule has 1 heterocycles. The molecule has 1 atom stereocenters. The van der Waals surface area contributed by atoms with Crippen molar-refractivity contribution in [2.75, 3.05) is 33.8 Å². The molecule has 0 aliphatic carbocycles. The maximum Gasteiger partial charge on any atom is 0.0641 e. The van der Waals surface area contributed by atoms with Crippen molar-refractivity contribution >= 4 is 0 Å². The van der Waals surface area contributed by atoms with E-state index in [1.165, 1.54) is 19.4 Å². The van der Waals surface area contributed by atoms with Gasteiger partial charge in [-0.15, -0.1) is 0 Å². The molecule has 1 unspecified atom stereocenters. The van der Waals surface area contributed by atoms with E-state index in [1.807, 2.05) is 7.05 Å². The third-order valence-electron chi connectivity index (χ3n) is 3.23. The van der Waals surface area contributed by atoms with Gasteiger partial charge in [-0.1, -0.05) is 0 Å². The molecule has 0 bridgehead atoms. The normalized spacial score (nSPS) is 25.8. The SMILES string of the molecule is CNCCCN(C)C1CCOC(C)(C)C1. The van der Waals surface area contributed by atoms with Gasteiger partial charge in [-0.05, 0) is 60.3 Å². The highest BCUT2D eigenvalue weighted by Crippen LogP contribution is 2.26. The highest BCUT2D eigenvalue weighted by atomic mass is 16.5. The summed E-state index contributed by atoms with van der Waals surface area (Å²) < 4.78 is 5.73. The molecule has 90 valence electrons. The molecule has 0 amide bonds. The lowest BCUT2D eigenvalue weighted by molar-refractivity contribution is -0.0798. The van der Waals surface area contributed by atoms with Crippen LogP contribution in [0.2, 0.25) is 0 Å². The van der Waals surface area contributed by atoms with Gasteiger partial charge in [0.25, 0.3) is 0 Å². The van der Waals surface area contributed by atoms with Gasteiger partial charge < -0.3 is 15.0 Å². The second-order valence-corrected chi connectivity index (χ2v) is 5.19. The average molecular weight is 214 g/mol. The van der Waals surface area contributed by atoms with Gasteiger partial charge in [0.1, 0.15) is 0 Å². The molecule has 1 saturated heterocycles. The predicted molar refractivity (Wildman–Crippen MR) is 64.2 cm³/mol. The third kappa shape index (κ3) is 4.49. The lowest BCUT2D eigenvalue weighted by Crippen LogP contribution is -2.45. The van der Waals surface area contributed by atoms with E-state index in [1.54, 1.807) is 0 Å². The summed E-state index contributed by atoms with van der Waals surface area (Å²) >= 11 is 0. The predicted octanol–water partition coefficient (Wildman–Crippen LogP) is 1.49. The standard InChI is InChI=1S/C12H26N2O/c1-12(2)10-11(6-9-15-12)14(4)8-5-7-13-3/h11,13H,5-10H2,1-4H3. The first-order valence-corrected chi connectivity index (χ1v) is 6.04. The number of hydrogen-bond donors (Lipinski definition) is 1. The summed E-state index contributed by atoms with van der Waals surface area (Å²) in [5.41, 5.74) is 0.0696. The highest BCUT2D eigenvalue weighted by Gasteiger charge is 2.30. The third-order valence-corrected chi connectivity index (χ3v) is 3.23. The second-order valence-electron chi connectivity index (χ2n) is 5.19. The lowest BCUT2D eigenvalue weighted by Gasteiger charge is -2.39. The van der Waals surface area contributed by atoms with Gasteiger partial charge in [0.15, 0.2) is 0 Å². The number of hydrogen-bond acceptors (Lipinski definition) is 3. The van der Waals surface area contributed by atoms with E-state index in [0.717, 1.165) is 19.6 Å². The second kappa shape index (κ2) is 5.83. The summed E-state index contributed by atoms with van der Waals surface area (Å²) in [5.74, 6) is 0. The molecular formula is C12H26N2O.